The highest BCUT2D eigenvalue weighted by Crippen LogP contribution is 2.46. The Balaban J connectivity index is 1.06. The van der Waals surface area contributed by atoms with Crippen molar-refractivity contribution in [2.45, 2.75) is 0 Å². The Labute approximate surface area is 339 Å². The molecule has 0 fully saturated rings. The third kappa shape index (κ3) is 5.86. The van der Waals surface area contributed by atoms with Crippen molar-refractivity contribution in [3.63, 3.8) is 0 Å². The summed E-state index contributed by atoms with van der Waals surface area (Å²) in [6.07, 6.45) is 0. The molecule has 0 amide bonds. The highest BCUT2D eigenvalue weighted by molar-refractivity contribution is 6.21. The molecule has 11 aromatic carbocycles. The third-order valence-electron chi connectivity index (χ3n) is 11.8. The van der Waals surface area contributed by atoms with Gasteiger partial charge >= 0.3 is 0 Å². The van der Waals surface area contributed by atoms with Crippen molar-refractivity contribution >= 4 is 43.1 Å². The topological polar surface area (TPSA) is 0 Å². The summed E-state index contributed by atoms with van der Waals surface area (Å²) in [5.41, 5.74) is 14.7. The van der Waals surface area contributed by atoms with Crippen LogP contribution in [0.3, 0.4) is 0 Å². The number of rotatable bonds is 6. The zero-order valence-electron chi connectivity index (χ0n) is 31.9. The summed E-state index contributed by atoms with van der Waals surface area (Å²) in [7, 11) is 0. The first kappa shape index (κ1) is 33.8. The van der Waals surface area contributed by atoms with Crippen molar-refractivity contribution < 1.29 is 0 Å². The summed E-state index contributed by atoms with van der Waals surface area (Å²) in [4.78, 5) is 0. The Morgan fingerprint density at radius 1 is 0.172 bits per heavy atom. The average molecular weight is 735 g/mol. The van der Waals surface area contributed by atoms with E-state index in [1.165, 1.54) is 110 Å². The van der Waals surface area contributed by atoms with Crippen molar-refractivity contribution in [1.29, 1.82) is 0 Å². The molecule has 0 saturated carbocycles. The van der Waals surface area contributed by atoms with E-state index in [-0.39, 0.29) is 0 Å². The van der Waals surface area contributed by atoms with Crippen LogP contribution in [0.2, 0.25) is 0 Å². The minimum atomic E-state index is 1.20. The van der Waals surface area contributed by atoms with Gasteiger partial charge in [0.15, 0.2) is 0 Å². The molecule has 11 aromatic rings. The Bertz CT molecular complexity index is 3280. The van der Waals surface area contributed by atoms with Gasteiger partial charge < -0.3 is 0 Å². The van der Waals surface area contributed by atoms with E-state index in [0.717, 1.165) is 0 Å². The van der Waals surface area contributed by atoms with Crippen molar-refractivity contribution in [1.82, 2.24) is 0 Å². The molecule has 0 aliphatic carbocycles. The van der Waals surface area contributed by atoms with Gasteiger partial charge in [0.2, 0.25) is 0 Å². The second kappa shape index (κ2) is 14.2. The molecule has 0 unspecified atom stereocenters. The predicted octanol–water partition coefficient (Wildman–Crippen LogP) is 16.3. The van der Waals surface area contributed by atoms with Gasteiger partial charge in [0.05, 0.1) is 0 Å². The molecule has 11 rings (SSSR count). The summed E-state index contributed by atoms with van der Waals surface area (Å²) in [6.45, 7) is 0. The van der Waals surface area contributed by atoms with E-state index in [1.807, 2.05) is 0 Å². The Morgan fingerprint density at radius 3 is 1.17 bits per heavy atom. The van der Waals surface area contributed by atoms with Gasteiger partial charge in [0.1, 0.15) is 0 Å². The molecule has 0 N–H and O–H groups in total. The van der Waals surface area contributed by atoms with Crippen molar-refractivity contribution in [3.8, 4) is 66.8 Å². The SMILES string of the molecule is c1ccc(-c2c(-c3cccc(-c4c5ccccc5c(-c5cccc(-c6cccc(-c7ccc8ccccc8c7)c6)c5)c5ccccc45)c3)ccc3ccccc23)cc1. The lowest BCUT2D eigenvalue weighted by Crippen LogP contribution is -1.92. The molecular weight excluding hydrogens is 697 g/mol. The van der Waals surface area contributed by atoms with Crippen LogP contribution in [0.1, 0.15) is 0 Å². The lowest BCUT2D eigenvalue weighted by Gasteiger charge is -2.19. The molecule has 0 aliphatic heterocycles. The maximum atomic E-state index is 2.40. The summed E-state index contributed by atoms with van der Waals surface area (Å²) in [5, 5.41) is 10.0. The van der Waals surface area contributed by atoms with E-state index in [2.05, 4.69) is 231 Å². The van der Waals surface area contributed by atoms with Gasteiger partial charge in [-0.1, -0.05) is 206 Å². The standard InChI is InChI=1S/C58H38/c1-2-17-41(18-3-1)56-50-26-7-6-16-40(50)33-34-51(56)47-23-14-25-49(38-47)58-54-29-10-8-27-52(54)57(53-28-9-11-30-55(53)58)48-24-13-22-45(37-48)43-20-12-21-44(36-43)46-32-31-39-15-4-5-19-42(39)35-46/h1-38H. The van der Waals surface area contributed by atoms with Gasteiger partial charge in [0, 0.05) is 0 Å². The smallest absolute Gasteiger partial charge is 0.00262 e. The minimum absolute atomic E-state index is 1.20. The van der Waals surface area contributed by atoms with E-state index in [9.17, 15) is 0 Å². The maximum absolute atomic E-state index is 2.40. The zero-order valence-corrected chi connectivity index (χ0v) is 31.9. The summed E-state index contributed by atoms with van der Waals surface area (Å²) in [5.74, 6) is 0. The van der Waals surface area contributed by atoms with Gasteiger partial charge in [0.25, 0.3) is 0 Å². The maximum Gasteiger partial charge on any atom is -0.00262 e. The van der Waals surface area contributed by atoms with E-state index in [4.69, 9.17) is 0 Å². The van der Waals surface area contributed by atoms with Crippen molar-refractivity contribution in [3.05, 3.63) is 231 Å². The fourth-order valence-electron chi connectivity index (χ4n) is 9.12. The van der Waals surface area contributed by atoms with Crippen molar-refractivity contribution in [2.75, 3.05) is 0 Å². The predicted molar refractivity (Wildman–Crippen MR) is 249 cm³/mol. The Hall–Kier alpha value is -7.54. The van der Waals surface area contributed by atoms with Crippen molar-refractivity contribution in [2.24, 2.45) is 0 Å². The van der Waals surface area contributed by atoms with Gasteiger partial charge in [-0.05, 0) is 134 Å². The molecule has 0 bridgehead atoms. The quantitative estimate of drug-likeness (QED) is 0.149. The number of fused-ring (bicyclic) bond motifs is 4. The summed E-state index contributed by atoms with van der Waals surface area (Å²) >= 11 is 0. The monoisotopic (exact) mass is 734 g/mol. The van der Waals surface area contributed by atoms with Gasteiger partial charge in [-0.2, -0.15) is 0 Å². The van der Waals surface area contributed by atoms with Crippen LogP contribution in [-0.2, 0) is 0 Å². The van der Waals surface area contributed by atoms with Crippen LogP contribution in [0, 0.1) is 0 Å². The van der Waals surface area contributed by atoms with Crippen LogP contribution in [0.15, 0.2) is 231 Å². The van der Waals surface area contributed by atoms with Crippen LogP contribution in [0.4, 0.5) is 0 Å². The van der Waals surface area contributed by atoms with E-state index in [0.29, 0.717) is 0 Å². The second-order valence-corrected chi connectivity index (χ2v) is 15.2. The highest BCUT2D eigenvalue weighted by Gasteiger charge is 2.19. The molecule has 0 heterocycles. The van der Waals surface area contributed by atoms with Crippen LogP contribution in [-0.4, -0.2) is 0 Å². The number of benzene rings is 11. The molecule has 0 heteroatoms. The largest absolute Gasteiger partial charge is 0.0622 e. The molecule has 0 atom stereocenters. The first-order chi connectivity index (χ1) is 28.8. The summed E-state index contributed by atoms with van der Waals surface area (Å²) < 4.78 is 0. The molecule has 0 aromatic heterocycles. The highest BCUT2D eigenvalue weighted by atomic mass is 14.2. The second-order valence-electron chi connectivity index (χ2n) is 15.2. The molecule has 0 nitrogen and oxygen atoms in total. The van der Waals surface area contributed by atoms with E-state index in [1.54, 1.807) is 0 Å². The van der Waals surface area contributed by atoms with Gasteiger partial charge in [-0.3, -0.25) is 0 Å². The molecule has 0 spiro atoms. The lowest BCUT2D eigenvalue weighted by atomic mass is 9.84. The zero-order chi connectivity index (χ0) is 38.4. The molecule has 0 radical (unpaired) electrons. The molecule has 0 saturated heterocycles. The van der Waals surface area contributed by atoms with Crippen LogP contribution in [0.25, 0.3) is 110 Å². The third-order valence-corrected chi connectivity index (χ3v) is 11.8. The number of hydrogen-bond donors (Lipinski definition) is 0. The Morgan fingerprint density at radius 2 is 0.569 bits per heavy atom. The molecule has 0 aliphatic rings. The van der Waals surface area contributed by atoms with Crippen LogP contribution in [0.5, 0.6) is 0 Å². The first-order valence-corrected chi connectivity index (χ1v) is 20.1. The Kier molecular flexibility index (Phi) is 8.26. The minimum Gasteiger partial charge on any atom is -0.0622 e. The van der Waals surface area contributed by atoms with Crippen LogP contribution < -0.4 is 0 Å². The fourth-order valence-corrected chi connectivity index (χ4v) is 9.12. The summed E-state index contributed by atoms with van der Waals surface area (Å²) in [6, 6.07) is 84.6. The molecular formula is C58H38. The van der Waals surface area contributed by atoms with E-state index < -0.39 is 0 Å². The number of hydrogen-bond acceptors (Lipinski definition) is 0. The molecule has 270 valence electrons. The first-order valence-electron chi connectivity index (χ1n) is 20.1. The average Bonchev–Trinajstić information content (AvgIpc) is 3.30. The fraction of sp³-hybridized carbons (Fsp3) is 0. The van der Waals surface area contributed by atoms with E-state index >= 15 is 0 Å². The van der Waals surface area contributed by atoms with Crippen LogP contribution >= 0.6 is 0 Å². The normalized spacial score (nSPS) is 11.4. The molecule has 58 heavy (non-hydrogen) atoms. The van der Waals surface area contributed by atoms with Gasteiger partial charge in [-0.15, -0.1) is 0 Å². The van der Waals surface area contributed by atoms with Gasteiger partial charge in [-0.25, -0.2) is 0 Å². The lowest BCUT2D eigenvalue weighted by molar-refractivity contribution is 1.59.